The van der Waals surface area contributed by atoms with Crippen molar-refractivity contribution in [1.82, 2.24) is 9.38 Å². The van der Waals surface area contributed by atoms with E-state index in [9.17, 15) is 14.0 Å². The summed E-state index contributed by atoms with van der Waals surface area (Å²) in [7, 11) is 0. The van der Waals surface area contributed by atoms with Gasteiger partial charge in [-0.15, -0.1) is 0 Å². The van der Waals surface area contributed by atoms with Crippen LogP contribution in [0.2, 0.25) is 0 Å². The number of ether oxygens (including phenoxy) is 1. The van der Waals surface area contributed by atoms with Gasteiger partial charge in [0.05, 0.1) is 11.1 Å². The summed E-state index contributed by atoms with van der Waals surface area (Å²) in [5.41, 5.74) is 0.416. The first-order chi connectivity index (χ1) is 13.5. The van der Waals surface area contributed by atoms with E-state index in [1.807, 2.05) is 0 Å². The zero-order valence-corrected chi connectivity index (χ0v) is 16.6. The summed E-state index contributed by atoms with van der Waals surface area (Å²) >= 11 is 3.32. The van der Waals surface area contributed by atoms with Crippen LogP contribution in [0.15, 0.2) is 57.9 Å². The lowest BCUT2D eigenvalue weighted by Gasteiger charge is -2.27. The average molecular weight is 445 g/mol. The Hall–Kier alpha value is -2.54. The van der Waals surface area contributed by atoms with Crippen molar-refractivity contribution in [3.8, 4) is 0 Å². The van der Waals surface area contributed by atoms with E-state index in [1.54, 1.807) is 30.5 Å². The fourth-order valence-electron chi connectivity index (χ4n) is 3.85. The normalized spacial score (nSPS) is 15.6. The van der Waals surface area contributed by atoms with Crippen LogP contribution < -0.4 is 5.56 Å². The van der Waals surface area contributed by atoms with E-state index in [1.165, 1.54) is 22.6 Å². The van der Waals surface area contributed by atoms with Gasteiger partial charge in [0.25, 0.3) is 5.56 Å². The van der Waals surface area contributed by atoms with Crippen LogP contribution in [-0.4, -0.2) is 15.4 Å². The van der Waals surface area contributed by atoms with Gasteiger partial charge in [0.2, 0.25) is 0 Å². The number of carbonyl (C=O) groups excluding carboxylic acids is 1. The summed E-state index contributed by atoms with van der Waals surface area (Å²) in [4.78, 5) is 29.7. The summed E-state index contributed by atoms with van der Waals surface area (Å²) in [6.07, 6.45) is 4.65. The predicted molar refractivity (Wildman–Crippen MR) is 106 cm³/mol. The van der Waals surface area contributed by atoms with Crippen molar-refractivity contribution in [2.24, 2.45) is 0 Å². The van der Waals surface area contributed by atoms with Crippen LogP contribution in [0.4, 0.5) is 4.39 Å². The molecule has 3 aromatic rings. The number of fused-ring (bicyclic) bond motifs is 1. The Morgan fingerprint density at radius 3 is 2.75 bits per heavy atom. The summed E-state index contributed by atoms with van der Waals surface area (Å²) in [5, 5.41) is 0. The third-order valence-electron chi connectivity index (χ3n) is 5.25. The Morgan fingerprint density at radius 1 is 1.21 bits per heavy atom. The van der Waals surface area contributed by atoms with Crippen molar-refractivity contribution < 1.29 is 13.9 Å². The standard InChI is InChI=1S/C21H18BrFN2O3/c22-15-6-7-18-24-17(11-19(26)25(18)12-15)13-28-20(27)21(8-1-2-9-21)14-4-3-5-16(23)10-14/h3-7,10-12H,1-2,8-9,13H2. The highest BCUT2D eigenvalue weighted by molar-refractivity contribution is 9.10. The molecular formula is C21H18BrFN2O3. The van der Waals surface area contributed by atoms with Crippen LogP contribution in [0.25, 0.3) is 5.65 Å². The van der Waals surface area contributed by atoms with Crippen molar-refractivity contribution in [1.29, 1.82) is 0 Å². The van der Waals surface area contributed by atoms with E-state index >= 15 is 0 Å². The van der Waals surface area contributed by atoms with Crippen LogP contribution in [0.5, 0.6) is 0 Å². The van der Waals surface area contributed by atoms with Crippen molar-refractivity contribution in [2.75, 3.05) is 0 Å². The molecule has 5 nitrogen and oxygen atoms in total. The summed E-state index contributed by atoms with van der Waals surface area (Å²) in [5.74, 6) is -0.764. The number of hydrogen-bond acceptors (Lipinski definition) is 4. The van der Waals surface area contributed by atoms with E-state index in [4.69, 9.17) is 4.74 Å². The fraction of sp³-hybridized carbons (Fsp3) is 0.286. The van der Waals surface area contributed by atoms with Crippen LogP contribution in [0, 0.1) is 5.82 Å². The lowest BCUT2D eigenvalue weighted by molar-refractivity contribution is -0.152. The molecule has 0 bridgehead atoms. The smallest absolute Gasteiger partial charge is 0.316 e. The molecule has 0 N–H and O–H groups in total. The topological polar surface area (TPSA) is 60.7 Å². The molecule has 1 aromatic carbocycles. The number of halogens is 2. The molecule has 0 radical (unpaired) electrons. The highest BCUT2D eigenvalue weighted by Crippen LogP contribution is 2.42. The minimum Gasteiger partial charge on any atom is -0.458 e. The lowest BCUT2D eigenvalue weighted by atomic mass is 9.79. The second-order valence-corrected chi connectivity index (χ2v) is 7.95. The average Bonchev–Trinajstić information content (AvgIpc) is 3.18. The Bertz CT molecular complexity index is 1110. The molecule has 0 atom stereocenters. The number of rotatable bonds is 4. The first-order valence-electron chi connectivity index (χ1n) is 9.09. The molecule has 1 aliphatic carbocycles. The van der Waals surface area contributed by atoms with Crippen LogP contribution in [0.3, 0.4) is 0 Å². The SMILES string of the molecule is O=C(OCc1cc(=O)n2cc(Br)ccc2n1)C1(c2cccc(F)c2)CCCC1. The summed E-state index contributed by atoms with van der Waals surface area (Å²) in [6, 6.07) is 11.0. The van der Waals surface area contributed by atoms with Gasteiger partial charge in [0, 0.05) is 16.7 Å². The van der Waals surface area contributed by atoms with Gasteiger partial charge in [0.15, 0.2) is 0 Å². The molecule has 0 saturated heterocycles. The fourth-order valence-corrected chi connectivity index (χ4v) is 4.19. The third kappa shape index (κ3) is 3.46. The van der Waals surface area contributed by atoms with Crippen LogP contribution in [0.1, 0.15) is 36.9 Å². The number of esters is 1. The maximum absolute atomic E-state index is 13.7. The lowest BCUT2D eigenvalue weighted by Crippen LogP contribution is -2.35. The molecule has 28 heavy (non-hydrogen) atoms. The Balaban J connectivity index is 1.58. The molecule has 4 rings (SSSR count). The van der Waals surface area contributed by atoms with Gasteiger partial charge in [-0.1, -0.05) is 25.0 Å². The molecule has 1 aliphatic rings. The van der Waals surface area contributed by atoms with E-state index in [-0.39, 0.29) is 18.0 Å². The zero-order valence-electron chi connectivity index (χ0n) is 15.0. The van der Waals surface area contributed by atoms with Gasteiger partial charge < -0.3 is 4.74 Å². The molecule has 0 unspecified atom stereocenters. The highest BCUT2D eigenvalue weighted by Gasteiger charge is 2.44. The van der Waals surface area contributed by atoms with Crippen molar-refractivity contribution in [3.63, 3.8) is 0 Å². The second-order valence-electron chi connectivity index (χ2n) is 7.04. The van der Waals surface area contributed by atoms with Gasteiger partial charge in [-0.2, -0.15) is 0 Å². The minimum absolute atomic E-state index is 0.0995. The Morgan fingerprint density at radius 2 is 2.00 bits per heavy atom. The van der Waals surface area contributed by atoms with Crippen molar-refractivity contribution >= 4 is 27.5 Å². The molecule has 0 spiro atoms. The third-order valence-corrected chi connectivity index (χ3v) is 5.72. The largest absolute Gasteiger partial charge is 0.458 e. The number of pyridine rings is 1. The summed E-state index contributed by atoms with van der Waals surface area (Å²) in [6.45, 7) is -0.0995. The van der Waals surface area contributed by atoms with Gasteiger partial charge in [-0.3, -0.25) is 14.0 Å². The highest BCUT2D eigenvalue weighted by atomic mass is 79.9. The van der Waals surface area contributed by atoms with Gasteiger partial charge in [-0.05, 0) is 58.6 Å². The van der Waals surface area contributed by atoms with Crippen LogP contribution in [-0.2, 0) is 21.6 Å². The minimum atomic E-state index is -0.834. The van der Waals surface area contributed by atoms with E-state index in [0.717, 1.165) is 17.3 Å². The number of benzene rings is 1. The molecule has 2 aromatic heterocycles. The molecule has 1 saturated carbocycles. The maximum Gasteiger partial charge on any atom is 0.316 e. The second kappa shape index (κ2) is 7.47. The predicted octanol–water partition coefficient (Wildman–Crippen LogP) is 4.15. The Labute approximate surface area is 169 Å². The van der Waals surface area contributed by atoms with Gasteiger partial charge >= 0.3 is 5.97 Å². The summed E-state index contributed by atoms with van der Waals surface area (Å²) < 4.78 is 21.5. The first kappa shape index (κ1) is 18.8. The Kier molecular flexibility index (Phi) is 5.02. The number of nitrogens with zero attached hydrogens (tertiary/aromatic N) is 2. The molecule has 0 amide bonds. The van der Waals surface area contributed by atoms with E-state index < -0.39 is 11.4 Å². The molecular weight excluding hydrogens is 427 g/mol. The maximum atomic E-state index is 13.7. The molecule has 1 fully saturated rings. The quantitative estimate of drug-likeness (QED) is 0.567. The van der Waals surface area contributed by atoms with Crippen molar-refractivity contribution in [2.45, 2.75) is 37.7 Å². The van der Waals surface area contributed by atoms with Gasteiger partial charge in [-0.25, -0.2) is 9.37 Å². The molecule has 2 heterocycles. The van der Waals surface area contributed by atoms with Crippen molar-refractivity contribution in [3.05, 3.63) is 80.6 Å². The number of hydrogen-bond donors (Lipinski definition) is 0. The number of carbonyl (C=O) groups is 1. The zero-order chi connectivity index (χ0) is 19.7. The monoisotopic (exact) mass is 444 g/mol. The van der Waals surface area contributed by atoms with Crippen LogP contribution >= 0.6 is 15.9 Å². The molecule has 144 valence electrons. The van der Waals surface area contributed by atoms with E-state index in [0.29, 0.717) is 29.7 Å². The first-order valence-corrected chi connectivity index (χ1v) is 9.88. The number of aromatic nitrogens is 2. The molecule has 0 aliphatic heterocycles. The van der Waals surface area contributed by atoms with E-state index in [2.05, 4.69) is 20.9 Å². The molecule has 7 heteroatoms. The van der Waals surface area contributed by atoms with Gasteiger partial charge in [0.1, 0.15) is 18.1 Å².